The molecule has 5 heteroatoms. The summed E-state index contributed by atoms with van der Waals surface area (Å²) in [5, 5.41) is 0. The third-order valence-corrected chi connectivity index (χ3v) is 4.09. The van der Waals surface area contributed by atoms with Gasteiger partial charge in [-0.3, -0.25) is 0 Å². The van der Waals surface area contributed by atoms with Crippen molar-refractivity contribution in [1.82, 2.24) is 15.0 Å². The Morgan fingerprint density at radius 2 is 1.18 bits per heavy atom. The van der Waals surface area contributed by atoms with Crippen LogP contribution in [-0.2, 0) is 25.7 Å². The molecule has 118 valence electrons. The molecular formula is C17H25N5. The van der Waals surface area contributed by atoms with Crippen molar-refractivity contribution in [3.63, 3.8) is 0 Å². The Morgan fingerprint density at radius 1 is 0.727 bits per heavy atom. The van der Waals surface area contributed by atoms with E-state index < -0.39 is 0 Å². The summed E-state index contributed by atoms with van der Waals surface area (Å²) in [5.41, 5.74) is 17.9. The standard InChI is InChI=1S/C17H25N5/c1-5-10-9-11(6-2)13(8-4)14(12(10)7-3)15-20-16(18)22-17(19)21-15/h9H,5-8H2,1-4H3,(H4,18,19,20,21,22). The molecule has 0 fully saturated rings. The first-order chi connectivity index (χ1) is 10.5. The summed E-state index contributed by atoms with van der Waals surface area (Å²) in [7, 11) is 0. The second kappa shape index (κ2) is 6.73. The van der Waals surface area contributed by atoms with Crippen molar-refractivity contribution in [2.24, 2.45) is 0 Å². The van der Waals surface area contributed by atoms with E-state index in [1.54, 1.807) is 0 Å². The van der Waals surface area contributed by atoms with Crippen molar-refractivity contribution >= 4 is 11.9 Å². The molecule has 2 aromatic rings. The molecule has 2 rings (SSSR count). The number of benzene rings is 1. The largest absolute Gasteiger partial charge is 0.368 e. The number of nitrogens with zero attached hydrogens (tertiary/aromatic N) is 3. The number of anilines is 2. The Kier molecular flexibility index (Phi) is 4.96. The summed E-state index contributed by atoms with van der Waals surface area (Å²) in [6.45, 7) is 8.69. The molecule has 0 spiro atoms. The lowest BCUT2D eigenvalue weighted by atomic mass is 9.86. The highest BCUT2D eigenvalue weighted by molar-refractivity contribution is 5.70. The van der Waals surface area contributed by atoms with Crippen LogP contribution in [0, 0.1) is 0 Å². The minimum absolute atomic E-state index is 0.173. The van der Waals surface area contributed by atoms with Gasteiger partial charge >= 0.3 is 0 Å². The van der Waals surface area contributed by atoms with Gasteiger partial charge in [-0.1, -0.05) is 33.8 Å². The van der Waals surface area contributed by atoms with Gasteiger partial charge in [-0.15, -0.1) is 0 Å². The fourth-order valence-corrected chi connectivity index (χ4v) is 3.12. The van der Waals surface area contributed by atoms with Gasteiger partial charge in [-0.2, -0.15) is 15.0 Å². The van der Waals surface area contributed by atoms with Crippen LogP contribution in [-0.4, -0.2) is 15.0 Å². The molecule has 0 saturated carbocycles. The van der Waals surface area contributed by atoms with Crippen molar-refractivity contribution in [2.75, 3.05) is 11.5 Å². The van der Waals surface area contributed by atoms with Gasteiger partial charge in [-0.25, -0.2) is 0 Å². The topological polar surface area (TPSA) is 90.7 Å². The quantitative estimate of drug-likeness (QED) is 0.885. The maximum atomic E-state index is 5.78. The summed E-state index contributed by atoms with van der Waals surface area (Å²) in [4.78, 5) is 12.6. The molecule has 0 saturated heterocycles. The number of rotatable bonds is 5. The lowest BCUT2D eigenvalue weighted by Gasteiger charge is -2.20. The van der Waals surface area contributed by atoms with Gasteiger partial charge < -0.3 is 11.5 Å². The Morgan fingerprint density at radius 3 is 1.55 bits per heavy atom. The molecule has 0 aliphatic heterocycles. The first-order valence-electron chi connectivity index (χ1n) is 7.99. The Bertz CT molecular complexity index is 629. The lowest BCUT2D eigenvalue weighted by molar-refractivity contribution is 0.963. The fourth-order valence-electron chi connectivity index (χ4n) is 3.12. The number of aromatic nitrogens is 3. The van der Waals surface area contributed by atoms with Gasteiger partial charge in [0.15, 0.2) is 5.82 Å². The zero-order chi connectivity index (χ0) is 16.3. The average molecular weight is 299 g/mol. The maximum absolute atomic E-state index is 5.78. The van der Waals surface area contributed by atoms with E-state index in [9.17, 15) is 0 Å². The molecule has 5 nitrogen and oxygen atoms in total. The van der Waals surface area contributed by atoms with E-state index >= 15 is 0 Å². The number of nitrogens with two attached hydrogens (primary N) is 2. The minimum atomic E-state index is 0.173. The van der Waals surface area contributed by atoms with Crippen molar-refractivity contribution in [3.05, 3.63) is 28.3 Å². The molecule has 1 heterocycles. The second-order valence-corrected chi connectivity index (χ2v) is 5.32. The van der Waals surface area contributed by atoms with Crippen molar-refractivity contribution < 1.29 is 0 Å². The van der Waals surface area contributed by atoms with E-state index in [0.29, 0.717) is 5.82 Å². The summed E-state index contributed by atoms with van der Waals surface area (Å²) < 4.78 is 0. The molecule has 22 heavy (non-hydrogen) atoms. The third-order valence-electron chi connectivity index (χ3n) is 4.09. The highest BCUT2D eigenvalue weighted by Crippen LogP contribution is 2.33. The van der Waals surface area contributed by atoms with E-state index in [4.69, 9.17) is 11.5 Å². The van der Waals surface area contributed by atoms with E-state index in [0.717, 1.165) is 31.2 Å². The molecule has 0 aliphatic carbocycles. The molecule has 0 aliphatic rings. The first-order valence-corrected chi connectivity index (χ1v) is 7.99. The first kappa shape index (κ1) is 16.2. The number of aryl methyl sites for hydroxylation is 2. The van der Waals surface area contributed by atoms with Gasteiger partial charge in [0.25, 0.3) is 0 Å². The molecule has 0 bridgehead atoms. The smallest absolute Gasteiger partial charge is 0.225 e. The van der Waals surface area contributed by atoms with Crippen molar-refractivity contribution in [2.45, 2.75) is 53.4 Å². The van der Waals surface area contributed by atoms with Crippen LogP contribution in [0.4, 0.5) is 11.9 Å². The van der Waals surface area contributed by atoms with Crippen molar-refractivity contribution in [3.8, 4) is 11.4 Å². The minimum Gasteiger partial charge on any atom is -0.368 e. The van der Waals surface area contributed by atoms with Crippen LogP contribution in [0.3, 0.4) is 0 Å². The zero-order valence-corrected chi connectivity index (χ0v) is 13.9. The molecule has 1 aromatic carbocycles. The van der Waals surface area contributed by atoms with E-state index in [1.165, 1.54) is 22.3 Å². The Labute approximate surface area is 132 Å². The summed E-state index contributed by atoms with van der Waals surface area (Å²) in [6.07, 6.45) is 3.84. The van der Waals surface area contributed by atoms with Crippen molar-refractivity contribution in [1.29, 1.82) is 0 Å². The highest BCUT2D eigenvalue weighted by Gasteiger charge is 2.19. The SMILES string of the molecule is CCc1cc(CC)c(CC)c(-c2nc(N)nc(N)n2)c1CC. The predicted molar refractivity (Wildman–Crippen MR) is 91.6 cm³/mol. The zero-order valence-electron chi connectivity index (χ0n) is 13.9. The predicted octanol–water partition coefficient (Wildman–Crippen LogP) is 2.95. The van der Waals surface area contributed by atoms with Crippen LogP contribution in [0.2, 0.25) is 0 Å². The molecule has 1 aromatic heterocycles. The number of hydrogen-bond donors (Lipinski definition) is 2. The molecule has 0 unspecified atom stereocenters. The lowest BCUT2D eigenvalue weighted by Crippen LogP contribution is -2.09. The van der Waals surface area contributed by atoms with E-state index in [2.05, 4.69) is 48.7 Å². The van der Waals surface area contributed by atoms with E-state index in [-0.39, 0.29) is 11.9 Å². The van der Waals surface area contributed by atoms with Crippen LogP contribution in [0.5, 0.6) is 0 Å². The van der Waals surface area contributed by atoms with Crippen LogP contribution in [0.25, 0.3) is 11.4 Å². The van der Waals surface area contributed by atoms with Gasteiger partial charge in [0.05, 0.1) is 0 Å². The van der Waals surface area contributed by atoms with Gasteiger partial charge in [0.1, 0.15) is 0 Å². The maximum Gasteiger partial charge on any atom is 0.225 e. The normalized spacial score (nSPS) is 10.9. The average Bonchev–Trinajstić information content (AvgIpc) is 2.51. The second-order valence-electron chi connectivity index (χ2n) is 5.32. The Hall–Kier alpha value is -2.17. The number of hydrogen-bond acceptors (Lipinski definition) is 5. The van der Waals surface area contributed by atoms with Crippen LogP contribution >= 0.6 is 0 Å². The van der Waals surface area contributed by atoms with Crippen LogP contribution in [0.15, 0.2) is 6.07 Å². The number of nitrogen functional groups attached to an aromatic ring is 2. The van der Waals surface area contributed by atoms with Gasteiger partial charge in [0.2, 0.25) is 11.9 Å². The summed E-state index contributed by atoms with van der Waals surface area (Å²) in [6, 6.07) is 2.33. The third kappa shape index (κ3) is 2.89. The van der Waals surface area contributed by atoms with Crippen LogP contribution in [0.1, 0.15) is 49.9 Å². The molecule has 0 radical (unpaired) electrons. The summed E-state index contributed by atoms with van der Waals surface area (Å²) in [5.74, 6) is 0.946. The fraction of sp³-hybridized carbons (Fsp3) is 0.471. The summed E-state index contributed by atoms with van der Waals surface area (Å²) >= 11 is 0. The van der Waals surface area contributed by atoms with Crippen LogP contribution < -0.4 is 11.5 Å². The molecular weight excluding hydrogens is 274 g/mol. The van der Waals surface area contributed by atoms with Gasteiger partial charge in [0, 0.05) is 5.56 Å². The monoisotopic (exact) mass is 299 g/mol. The molecule has 0 amide bonds. The Balaban J connectivity index is 2.86. The molecule has 0 atom stereocenters. The molecule has 4 N–H and O–H groups in total. The van der Waals surface area contributed by atoms with Gasteiger partial charge in [-0.05, 0) is 47.9 Å². The van der Waals surface area contributed by atoms with E-state index in [1.807, 2.05) is 0 Å². The highest BCUT2D eigenvalue weighted by atomic mass is 15.1.